The van der Waals surface area contributed by atoms with E-state index >= 15 is 0 Å². The fraction of sp³-hybridized carbons (Fsp3) is 0.400. The van der Waals surface area contributed by atoms with E-state index in [2.05, 4.69) is 45.4 Å². The van der Waals surface area contributed by atoms with Gasteiger partial charge in [-0.2, -0.15) is 4.98 Å². The smallest absolute Gasteiger partial charge is 0.225 e. The van der Waals surface area contributed by atoms with Gasteiger partial charge in [-0.1, -0.05) is 62.1 Å². The van der Waals surface area contributed by atoms with Crippen molar-refractivity contribution in [1.82, 2.24) is 9.97 Å². The Morgan fingerprint density at radius 1 is 1.04 bits per heavy atom. The lowest BCUT2D eigenvalue weighted by Gasteiger charge is -2.18. The van der Waals surface area contributed by atoms with Gasteiger partial charge in [-0.3, -0.25) is 0 Å². The number of nitrogens with zero attached hydrogens (tertiary/aromatic N) is 2. The van der Waals surface area contributed by atoms with Gasteiger partial charge in [0.05, 0.1) is 5.69 Å². The quantitative estimate of drug-likeness (QED) is 0.588. The first-order valence-electron chi connectivity index (χ1n) is 8.91. The summed E-state index contributed by atoms with van der Waals surface area (Å²) in [6, 6.07) is 12.8. The molecule has 1 aliphatic carbocycles. The zero-order valence-corrected chi connectivity index (χ0v) is 14.2. The number of aromatic nitrogens is 2. The van der Waals surface area contributed by atoms with Crippen molar-refractivity contribution in [3.05, 3.63) is 49.1 Å². The highest BCUT2D eigenvalue weighted by atomic mass is 15.1. The molecule has 1 aromatic heterocycles. The molecule has 1 heterocycles. The molecule has 0 atom stereocenters. The minimum absolute atomic E-state index is 0.512. The van der Waals surface area contributed by atoms with E-state index in [0.717, 1.165) is 17.1 Å². The Labute approximate surface area is 144 Å². The minimum atomic E-state index is 0.512. The molecule has 2 N–H and O–H groups in total. The second kappa shape index (κ2) is 8.48. The van der Waals surface area contributed by atoms with Gasteiger partial charge in [0.25, 0.3) is 0 Å². The van der Waals surface area contributed by atoms with Gasteiger partial charge >= 0.3 is 0 Å². The Hall–Kier alpha value is -2.36. The summed E-state index contributed by atoms with van der Waals surface area (Å²) < 4.78 is 0. The average Bonchev–Trinajstić information content (AvgIpc) is 2.89. The molecule has 1 fully saturated rings. The summed E-state index contributed by atoms with van der Waals surface area (Å²) in [7, 11) is 0. The van der Waals surface area contributed by atoms with Gasteiger partial charge in [-0.15, -0.1) is 6.58 Å². The zero-order valence-electron chi connectivity index (χ0n) is 14.2. The third-order valence-corrected chi connectivity index (χ3v) is 4.41. The molecule has 3 rings (SSSR count). The van der Waals surface area contributed by atoms with E-state index in [1.807, 2.05) is 24.3 Å². The molecule has 24 heavy (non-hydrogen) atoms. The molecule has 126 valence electrons. The fourth-order valence-electron chi connectivity index (χ4n) is 3.15. The molecule has 0 amide bonds. The van der Waals surface area contributed by atoms with Crippen molar-refractivity contribution in [2.24, 2.45) is 0 Å². The molecule has 1 aliphatic rings. The fourth-order valence-corrected chi connectivity index (χ4v) is 3.15. The van der Waals surface area contributed by atoms with Gasteiger partial charge in [0.2, 0.25) is 5.95 Å². The summed E-state index contributed by atoms with van der Waals surface area (Å²) in [6.45, 7) is 4.40. The first-order chi connectivity index (χ1) is 11.8. The molecular weight excluding hydrogens is 296 g/mol. The summed E-state index contributed by atoms with van der Waals surface area (Å²) in [5, 5.41) is 6.85. The van der Waals surface area contributed by atoms with Crippen LogP contribution in [-0.2, 0) is 0 Å². The maximum atomic E-state index is 4.64. The van der Waals surface area contributed by atoms with Gasteiger partial charge in [-0.05, 0) is 12.8 Å². The lowest BCUT2D eigenvalue weighted by molar-refractivity contribution is 0.617. The van der Waals surface area contributed by atoms with E-state index in [1.54, 1.807) is 0 Å². The van der Waals surface area contributed by atoms with Crippen LogP contribution < -0.4 is 10.6 Å². The molecule has 1 saturated carbocycles. The molecule has 0 aliphatic heterocycles. The van der Waals surface area contributed by atoms with Crippen LogP contribution in [0.2, 0.25) is 0 Å². The molecule has 4 heteroatoms. The van der Waals surface area contributed by atoms with Gasteiger partial charge in [0.1, 0.15) is 5.82 Å². The molecule has 0 unspecified atom stereocenters. The summed E-state index contributed by atoms with van der Waals surface area (Å²) in [5.41, 5.74) is 2.04. The van der Waals surface area contributed by atoms with Gasteiger partial charge in [0, 0.05) is 24.2 Å². The number of benzene rings is 1. The molecule has 0 saturated heterocycles. The van der Waals surface area contributed by atoms with Crippen LogP contribution in [0.4, 0.5) is 11.8 Å². The zero-order chi connectivity index (χ0) is 16.6. The Balaban J connectivity index is 1.84. The highest BCUT2D eigenvalue weighted by Gasteiger charge is 2.14. The maximum absolute atomic E-state index is 4.64. The number of hydrogen-bond acceptors (Lipinski definition) is 4. The summed E-state index contributed by atoms with van der Waals surface area (Å²) in [4.78, 5) is 9.28. The van der Waals surface area contributed by atoms with E-state index < -0.39 is 0 Å². The number of rotatable bonds is 6. The van der Waals surface area contributed by atoms with E-state index in [0.29, 0.717) is 18.5 Å². The Morgan fingerprint density at radius 2 is 1.79 bits per heavy atom. The Bertz CT molecular complexity index is 646. The van der Waals surface area contributed by atoms with Gasteiger partial charge < -0.3 is 10.6 Å². The average molecular weight is 322 g/mol. The van der Waals surface area contributed by atoms with Crippen LogP contribution >= 0.6 is 0 Å². The standard InChI is InChI=1S/C20H26N4/c1-2-14-21-20-23-18(16-10-6-5-7-11-16)15-19(24-20)22-17-12-8-3-4-9-13-17/h2,5-7,10-11,15,17H,1,3-4,8-9,12-14H2,(H2,21,22,23,24). The Kier molecular flexibility index (Phi) is 5.83. The molecule has 0 radical (unpaired) electrons. The van der Waals surface area contributed by atoms with Crippen molar-refractivity contribution in [2.75, 3.05) is 17.2 Å². The normalized spacial score (nSPS) is 15.5. The van der Waals surface area contributed by atoms with Crippen LogP contribution in [0, 0.1) is 0 Å². The molecule has 0 bridgehead atoms. The SMILES string of the molecule is C=CCNc1nc(NC2CCCCCC2)cc(-c2ccccc2)n1. The molecule has 2 aromatic rings. The maximum Gasteiger partial charge on any atom is 0.225 e. The second-order valence-corrected chi connectivity index (χ2v) is 6.33. The van der Waals surface area contributed by atoms with Crippen molar-refractivity contribution in [2.45, 2.75) is 44.6 Å². The highest BCUT2D eigenvalue weighted by molar-refractivity contribution is 5.64. The summed E-state index contributed by atoms with van der Waals surface area (Å²) >= 11 is 0. The molecule has 4 nitrogen and oxygen atoms in total. The number of hydrogen-bond donors (Lipinski definition) is 2. The first kappa shape index (κ1) is 16.5. The first-order valence-corrected chi connectivity index (χ1v) is 8.91. The van der Waals surface area contributed by atoms with Crippen LogP contribution in [0.15, 0.2) is 49.1 Å². The monoisotopic (exact) mass is 322 g/mol. The predicted molar refractivity (Wildman–Crippen MR) is 101 cm³/mol. The lowest BCUT2D eigenvalue weighted by atomic mass is 10.1. The van der Waals surface area contributed by atoms with Crippen LogP contribution in [0.1, 0.15) is 38.5 Å². The lowest BCUT2D eigenvalue weighted by Crippen LogP contribution is -2.19. The summed E-state index contributed by atoms with van der Waals surface area (Å²) in [5.74, 6) is 1.55. The third kappa shape index (κ3) is 4.57. The minimum Gasteiger partial charge on any atom is -0.367 e. The second-order valence-electron chi connectivity index (χ2n) is 6.33. The third-order valence-electron chi connectivity index (χ3n) is 4.41. The van der Waals surface area contributed by atoms with E-state index in [-0.39, 0.29) is 0 Å². The molecule has 0 spiro atoms. The predicted octanol–water partition coefficient (Wildman–Crippen LogP) is 4.88. The van der Waals surface area contributed by atoms with Crippen LogP contribution in [0.5, 0.6) is 0 Å². The van der Waals surface area contributed by atoms with Crippen LogP contribution in [-0.4, -0.2) is 22.6 Å². The van der Waals surface area contributed by atoms with Crippen molar-refractivity contribution in [1.29, 1.82) is 0 Å². The van der Waals surface area contributed by atoms with Gasteiger partial charge in [-0.25, -0.2) is 4.98 Å². The van der Waals surface area contributed by atoms with Gasteiger partial charge in [0.15, 0.2) is 0 Å². The van der Waals surface area contributed by atoms with Crippen molar-refractivity contribution in [3.63, 3.8) is 0 Å². The van der Waals surface area contributed by atoms with Crippen molar-refractivity contribution < 1.29 is 0 Å². The van der Waals surface area contributed by atoms with E-state index in [1.165, 1.54) is 38.5 Å². The Morgan fingerprint density at radius 3 is 2.50 bits per heavy atom. The number of anilines is 2. The largest absolute Gasteiger partial charge is 0.367 e. The van der Waals surface area contributed by atoms with Crippen LogP contribution in [0.3, 0.4) is 0 Å². The molecular formula is C20H26N4. The summed E-state index contributed by atoms with van der Waals surface area (Å²) in [6.07, 6.45) is 9.57. The van der Waals surface area contributed by atoms with E-state index in [9.17, 15) is 0 Å². The van der Waals surface area contributed by atoms with E-state index in [4.69, 9.17) is 0 Å². The van der Waals surface area contributed by atoms with Crippen LogP contribution in [0.25, 0.3) is 11.3 Å². The topological polar surface area (TPSA) is 49.8 Å². The highest BCUT2D eigenvalue weighted by Crippen LogP contribution is 2.24. The number of nitrogens with one attached hydrogen (secondary N) is 2. The van der Waals surface area contributed by atoms with Crippen molar-refractivity contribution in [3.8, 4) is 11.3 Å². The van der Waals surface area contributed by atoms with Crippen molar-refractivity contribution >= 4 is 11.8 Å². The molecule has 1 aromatic carbocycles.